The zero-order chi connectivity index (χ0) is 17.3. The van der Waals surface area contributed by atoms with Crippen LogP contribution in [0.1, 0.15) is 25.5 Å². The van der Waals surface area contributed by atoms with Crippen LogP contribution in [-0.4, -0.2) is 13.6 Å². The van der Waals surface area contributed by atoms with Crippen LogP contribution in [0.2, 0.25) is 0 Å². The number of aromatic nitrogens is 1. The minimum absolute atomic E-state index is 0.0788. The molecule has 124 valence electrons. The van der Waals surface area contributed by atoms with Crippen LogP contribution >= 0.6 is 0 Å². The number of nitrogens with zero attached hydrogens (tertiary/aromatic N) is 1. The van der Waals surface area contributed by atoms with Gasteiger partial charge in [0.05, 0.1) is 10.5 Å². The van der Waals surface area contributed by atoms with Crippen molar-refractivity contribution in [2.45, 2.75) is 24.7 Å². The van der Waals surface area contributed by atoms with Gasteiger partial charge in [0.1, 0.15) is 11.5 Å². The van der Waals surface area contributed by atoms with Crippen molar-refractivity contribution in [3.63, 3.8) is 0 Å². The minimum atomic E-state index is -3.72. The second-order valence-corrected chi connectivity index (χ2v) is 7.42. The third-order valence-electron chi connectivity index (χ3n) is 3.76. The maximum Gasteiger partial charge on any atom is 0.238 e. The van der Waals surface area contributed by atoms with E-state index in [-0.39, 0.29) is 10.8 Å². The molecule has 1 heterocycles. The maximum atomic E-state index is 11.4. The first-order valence-electron chi connectivity index (χ1n) is 7.56. The van der Waals surface area contributed by atoms with Crippen LogP contribution in [0.15, 0.2) is 64.0 Å². The lowest BCUT2D eigenvalue weighted by atomic mass is 9.95. The Labute approximate surface area is 141 Å². The molecule has 3 rings (SSSR count). The molecule has 2 N–H and O–H groups in total. The summed E-state index contributed by atoms with van der Waals surface area (Å²) in [6, 6.07) is 16.2. The van der Waals surface area contributed by atoms with Crippen molar-refractivity contribution in [2.75, 3.05) is 0 Å². The number of hydrogen-bond acceptors (Lipinski definition) is 4. The van der Waals surface area contributed by atoms with Gasteiger partial charge in [-0.05, 0) is 17.7 Å². The molecule has 0 aliphatic heterocycles. The third kappa shape index (κ3) is 3.11. The van der Waals surface area contributed by atoms with Crippen molar-refractivity contribution in [1.82, 2.24) is 5.16 Å². The fraction of sp³-hybridized carbons (Fsp3) is 0.167. The zero-order valence-electron chi connectivity index (χ0n) is 13.4. The van der Waals surface area contributed by atoms with Crippen LogP contribution in [0, 0.1) is 0 Å². The molecule has 0 saturated heterocycles. The van der Waals surface area contributed by atoms with Crippen molar-refractivity contribution in [3.05, 3.63) is 60.4 Å². The van der Waals surface area contributed by atoms with Gasteiger partial charge in [0, 0.05) is 11.5 Å². The van der Waals surface area contributed by atoms with Crippen molar-refractivity contribution < 1.29 is 12.9 Å². The van der Waals surface area contributed by atoms with Gasteiger partial charge in [-0.2, -0.15) is 0 Å². The summed E-state index contributed by atoms with van der Waals surface area (Å²) in [4.78, 5) is 0.0788. The number of hydrogen-bond donors (Lipinski definition) is 1. The summed E-state index contributed by atoms with van der Waals surface area (Å²) >= 11 is 0. The van der Waals surface area contributed by atoms with Crippen molar-refractivity contribution >= 4 is 10.0 Å². The fourth-order valence-electron chi connectivity index (χ4n) is 2.58. The average Bonchev–Trinajstić information content (AvgIpc) is 3.00. The van der Waals surface area contributed by atoms with Gasteiger partial charge in [0.25, 0.3) is 0 Å². The van der Waals surface area contributed by atoms with E-state index in [1.807, 2.05) is 44.2 Å². The highest BCUT2D eigenvalue weighted by molar-refractivity contribution is 7.89. The smallest absolute Gasteiger partial charge is 0.238 e. The van der Waals surface area contributed by atoms with E-state index < -0.39 is 10.0 Å². The monoisotopic (exact) mass is 342 g/mol. The average molecular weight is 342 g/mol. The van der Waals surface area contributed by atoms with Gasteiger partial charge in [-0.3, -0.25) is 0 Å². The normalized spacial score (nSPS) is 11.8. The summed E-state index contributed by atoms with van der Waals surface area (Å²) in [6.07, 6.45) is 0. The van der Waals surface area contributed by atoms with Gasteiger partial charge in [-0.15, -0.1) is 0 Å². The molecule has 0 spiro atoms. The maximum absolute atomic E-state index is 11.4. The van der Waals surface area contributed by atoms with Gasteiger partial charge in [0.15, 0.2) is 0 Å². The van der Waals surface area contributed by atoms with Crippen molar-refractivity contribution in [2.24, 2.45) is 5.14 Å². The first-order valence-corrected chi connectivity index (χ1v) is 9.11. The van der Waals surface area contributed by atoms with E-state index in [9.17, 15) is 8.42 Å². The highest BCUT2D eigenvalue weighted by Crippen LogP contribution is 2.38. The zero-order valence-corrected chi connectivity index (χ0v) is 14.2. The lowest BCUT2D eigenvalue weighted by Crippen LogP contribution is -2.11. The molecule has 0 amide bonds. The predicted molar refractivity (Wildman–Crippen MR) is 92.8 cm³/mol. The summed E-state index contributed by atoms with van der Waals surface area (Å²) in [5.41, 5.74) is 3.39. The highest BCUT2D eigenvalue weighted by Gasteiger charge is 2.21. The van der Waals surface area contributed by atoms with Gasteiger partial charge in [0.2, 0.25) is 10.0 Å². The lowest BCUT2D eigenvalue weighted by molar-refractivity contribution is 0.373. The minimum Gasteiger partial charge on any atom is -0.360 e. The van der Waals surface area contributed by atoms with Crippen molar-refractivity contribution in [1.29, 1.82) is 0 Å². The van der Waals surface area contributed by atoms with Gasteiger partial charge >= 0.3 is 0 Å². The predicted octanol–water partition coefficient (Wildman–Crippen LogP) is 3.78. The lowest BCUT2D eigenvalue weighted by Gasteiger charge is -2.08. The summed E-state index contributed by atoms with van der Waals surface area (Å²) in [6.45, 7) is 4.05. The van der Waals surface area contributed by atoms with E-state index >= 15 is 0 Å². The molecule has 0 bridgehead atoms. The third-order valence-corrected chi connectivity index (χ3v) is 4.69. The van der Waals surface area contributed by atoms with Crippen LogP contribution < -0.4 is 5.14 Å². The summed E-state index contributed by atoms with van der Waals surface area (Å²) in [5, 5.41) is 9.40. The Morgan fingerprint density at radius 2 is 1.58 bits per heavy atom. The number of nitrogens with two attached hydrogens (primary N) is 1. The molecule has 2 aromatic carbocycles. The molecule has 0 fully saturated rings. The van der Waals surface area contributed by atoms with E-state index in [1.54, 1.807) is 12.1 Å². The Balaban J connectivity index is 2.17. The molecule has 0 radical (unpaired) electrons. The second-order valence-electron chi connectivity index (χ2n) is 5.86. The highest BCUT2D eigenvalue weighted by atomic mass is 32.2. The number of primary sulfonamides is 1. The molecule has 0 atom stereocenters. The van der Waals surface area contributed by atoms with Crippen LogP contribution in [0.25, 0.3) is 22.4 Å². The van der Waals surface area contributed by atoms with Crippen LogP contribution in [0.5, 0.6) is 0 Å². The molecule has 24 heavy (non-hydrogen) atoms. The summed E-state index contributed by atoms with van der Waals surface area (Å²) in [7, 11) is -3.72. The quantitative estimate of drug-likeness (QED) is 0.782. The van der Waals surface area contributed by atoms with E-state index in [4.69, 9.17) is 9.66 Å². The Morgan fingerprint density at radius 3 is 2.12 bits per heavy atom. The summed E-state index contributed by atoms with van der Waals surface area (Å²) < 4.78 is 28.5. The molecule has 0 unspecified atom stereocenters. The molecule has 5 nitrogen and oxygen atoms in total. The molecule has 0 aliphatic carbocycles. The standard InChI is InChI=1S/C18H18N2O3S/c1-12(2)18-16(13-8-10-15(11-9-13)24(19,21)22)17(20-23-18)14-6-4-3-5-7-14/h3-12H,1-2H3,(H2,19,21,22). The fourth-order valence-corrected chi connectivity index (χ4v) is 3.10. The van der Waals surface area contributed by atoms with Crippen LogP contribution in [-0.2, 0) is 10.0 Å². The molecule has 1 aromatic heterocycles. The number of benzene rings is 2. The first kappa shape index (κ1) is 16.4. The largest absolute Gasteiger partial charge is 0.360 e. The van der Waals surface area contributed by atoms with E-state index in [0.717, 1.165) is 28.1 Å². The van der Waals surface area contributed by atoms with Gasteiger partial charge in [-0.25, -0.2) is 13.6 Å². The van der Waals surface area contributed by atoms with Crippen LogP contribution in [0.3, 0.4) is 0 Å². The Morgan fingerprint density at radius 1 is 0.958 bits per heavy atom. The molecule has 0 saturated carbocycles. The Kier molecular flexibility index (Phi) is 4.26. The number of rotatable bonds is 4. The summed E-state index contributed by atoms with van der Waals surface area (Å²) in [5.74, 6) is 0.903. The molecule has 0 aliphatic rings. The molecular weight excluding hydrogens is 324 g/mol. The Hall–Kier alpha value is -2.44. The van der Waals surface area contributed by atoms with E-state index in [1.165, 1.54) is 12.1 Å². The van der Waals surface area contributed by atoms with Crippen LogP contribution in [0.4, 0.5) is 0 Å². The van der Waals surface area contributed by atoms with Gasteiger partial charge in [-0.1, -0.05) is 61.5 Å². The second kappa shape index (κ2) is 6.22. The Bertz CT molecular complexity index is 944. The van der Waals surface area contributed by atoms with Crippen molar-refractivity contribution in [3.8, 4) is 22.4 Å². The topological polar surface area (TPSA) is 86.2 Å². The molecule has 3 aromatic rings. The molecular formula is C18H18N2O3S. The van der Waals surface area contributed by atoms with Gasteiger partial charge < -0.3 is 4.52 Å². The first-order chi connectivity index (χ1) is 11.4. The van der Waals surface area contributed by atoms with E-state index in [2.05, 4.69) is 5.16 Å². The molecule has 6 heteroatoms. The van der Waals surface area contributed by atoms with E-state index in [0.29, 0.717) is 0 Å². The SMILES string of the molecule is CC(C)c1onc(-c2ccccc2)c1-c1ccc(S(N)(=O)=O)cc1. The number of sulfonamides is 1.